The number of rotatable bonds is 1. The van der Waals surface area contributed by atoms with Crippen LogP contribution in [0.15, 0.2) is 12.2 Å². The van der Waals surface area contributed by atoms with Gasteiger partial charge in [-0.1, -0.05) is 11.6 Å². The number of alkyl halides is 9. The Hall–Kier alpha value is -0.670. The van der Waals surface area contributed by atoms with Crippen molar-refractivity contribution in [1.82, 2.24) is 0 Å². The first-order chi connectivity index (χ1) is 7.29. The van der Waals surface area contributed by atoms with Gasteiger partial charge in [-0.3, -0.25) is 0 Å². The van der Waals surface area contributed by atoms with Gasteiger partial charge in [0.2, 0.25) is 5.83 Å². The van der Waals surface area contributed by atoms with E-state index in [9.17, 15) is 43.9 Å². The first-order valence-corrected chi connectivity index (χ1v) is 3.71. The Labute approximate surface area is 92.8 Å². The van der Waals surface area contributed by atoms with E-state index in [0.29, 0.717) is 0 Å². The highest BCUT2D eigenvalue weighted by Crippen LogP contribution is 2.37. The zero-order valence-electron chi connectivity index (χ0n) is 7.44. The molecule has 0 aliphatic rings. The third-order valence-corrected chi connectivity index (χ3v) is 1.26. The first kappa shape index (κ1) is 18.7. The highest BCUT2D eigenvalue weighted by molar-refractivity contribution is 6.23. The van der Waals surface area contributed by atoms with E-state index in [4.69, 9.17) is 0 Å². The van der Waals surface area contributed by atoms with Crippen LogP contribution in [0.5, 0.6) is 0 Å². The van der Waals surface area contributed by atoms with Crippen LogP contribution in [0.3, 0.4) is 0 Å². The fraction of sp³-hybridized carbons (Fsp3) is 0.667. The maximum atomic E-state index is 11.6. The van der Waals surface area contributed by atoms with Crippen molar-refractivity contribution in [3.05, 3.63) is 12.2 Å². The molecule has 17 heavy (non-hydrogen) atoms. The molecule has 0 heterocycles. The van der Waals surface area contributed by atoms with Crippen LogP contribution in [0, 0.1) is 0 Å². The molecular formula is C6H3ClF10. The summed E-state index contributed by atoms with van der Waals surface area (Å²) < 4.78 is 110. The van der Waals surface area contributed by atoms with Gasteiger partial charge in [0, 0.05) is 0 Å². The standard InChI is InChI=1S/C3H2ClF5.C3HF5/c4-2(6,1-5)3(7,8)9;4-1-2(5)3(6,7)8/h1H2;1H. The van der Waals surface area contributed by atoms with Crippen LogP contribution < -0.4 is 0 Å². The van der Waals surface area contributed by atoms with E-state index >= 15 is 0 Å². The molecule has 0 nitrogen and oxygen atoms in total. The summed E-state index contributed by atoms with van der Waals surface area (Å²) in [5.74, 6) is -2.71. The third kappa shape index (κ3) is 7.29. The summed E-state index contributed by atoms with van der Waals surface area (Å²) in [7, 11) is 0. The number of hydrogen-bond acceptors (Lipinski definition) is 0. The van der Waals surface area contributed by atoms with E-state index in [0.717, 1.165) is 0 Å². The minimum atomic E-state index is -5.33. The van der Waals surface area contributed by atoms with E-state index in [1.54, 1.807) is 0 Å². The number of halogens is 11. The van der Waals surface area contributed by atoms with E-state index in [1.807, 2.05) is 0 Å². The van der Waals surface area contributed by atoms with E-state index in [1.165, 1.54) is 0 Å². The van der Waals surface area contributed by atoms with Crippen LogP contribution >= 0.6 is 11.6 Å². The molecule has 1 unspecified atom stereocenters. The summed E-state index contributed by atoms with van der Waals surface area (Å²) in [4.78, 5) is 0. The van der Waals surface area contributed by atoms with Crippen molar-refractivity contribution < 1.29 is 43.9 Å². The Morgan fingerprint density at radius 3 is 1.35 bits per heavy atom. The zero-order valence-corrected chi connectivity index (χ0v) is 8.20. The van der Waals surface area contributed by atoms with Gasteiger partial charge in [0.25, 0.3) is 0 Å². The van der Waals surface area contributed by atoms with Crippen molar-refractivity contribution in [2.45, 2.75) is 17.5 Å². The van der Waals surface area contributed by atoms with Gasteiger partial charge in [-0.25, -0.2) is 13.2 Å². The Morgan fingerprint density at radius 1 is 1.00 bits per heavy atom. The molecule has 0 aliphatic carbocycles. The Morgan fingerprint density at radius 2 is 1.35 bits per heavy atom. The van der Waals surface area contributed by atoms with Gasteiger partial charge in [0.15, 0.2) is 0 Å². The first-order valence-electron chi connectivity index (χ1n) is 3.33. The highest BCUT2D eigenvalue weighted by atomic mass is 35.5. The van der Waals surface area contributed by atoms with Crippen LogP contribution in [0.4, 0.5) is 43.9 Å². The molecule has 11 heteroatoms. The lowest BCUT2D eigenvalue weighted by Crippen LogP contribution is -2.37. The van der Waals surface area contributed by atoms with Crippen LogP contribution in [0.2, 0.25) is 0 Å². The summed E-state index contributed by atoms with van der Waals surface area (Å²) in [6, 6.07) is 0. The van der Waals surface area contributed by atoms with Gasteiger partial charge in [-0.15, -0.1) is 0 Å². The van der Waals surface area contributed by atoms with Crippen LogP contribution in [-0.2, 0) is 0 Å². The van der Waals surface area contributed by atoms with Gasteiger partial charge < -0.3 is 0 Å². The fourth-order valence-corrected chi connectivity index (χ4v) is 0.138. The number of hydrogen-bond donors (Lipinski definition) is 0. The van der Waals surface area contributed by atoms with E-state index in [2.05, 4.69) is 11.6 Å². The van der Waals surface area contributed by atoms with Crippen LogP contribution in [0.25, 0.3) is 0 Å². The third-order valence-electron chi connectivity index (χ3n) is 0.949. The zero-order chi connectivity index (χ0) is 14.5. The largest absolute Gasteiger partial charge is 0.445 e. The van der Waals surface area contributed by atoms with Crippen molar-refractivity contribution >= 4 is 11.6 Å². The van der Waals surface area contributed by atoms with Gasteiger partial charge in [0.1, 0.15) is 13.0 Å². The summed E-state index contributed by atoms with van der Waals surface area (Å²) in [6.07, 6.45) is -11.6. The highest BCUT2D eigenvalue weighted by Gasteiger charge is 2.55. The predicted octanol–water partition coefficient (Wildman–Crippen LogP) is 4.75. The molecule has 0 saturated heterocycles. The average Bonchev–Trinajstić information content (AvgIpc) is 2.14. The molecule has 0 radical (unpaired) electrons. The Balaban J connectivity index is 0. The van der Waals surface area contributed by atoms with Crippen molar-refractivity contribution in [2.75, 3.05) is 6.67 Å². The topological polar surface area (TPSA) is 0 Å². The molecule has 0 spiro atoms. The molecule has 0 aromatic heterocycles. The molecule has 104 valence electrons. The second-order valence-corrected chi connectivity index (χ2v) is 2.89. The lowest BCUT2D eigenvalue weighted by Gasteiger charge is -2.16. The van der Waals surface area contributed by atoms with Crippen molar-refractivity contribution in [2.24, 2.45) is 0 Å². The molecule has 0 aromatic carbocycles. The molecule has 0 aliphatic heterocycles. The number of allylic oxidation sites excluding steroid dienone is 1. The minimum Gasteiger partial charge on any atom is -0.246 e. The van der Waals surface area contributed by atoms with Crippen molar-refractivity contribution in [3.8, 4) is 0 Å². The molecular weight excluding hydrogens is 297 g/mol. The molecule has 0 saturated carbocycles. The van der Waals surface area contributed by atoms with Crippen LogP contribution in [-0.4, -0.2) is 24.2 Å². The monoisotopic (exact) mass is 300 g/mol. The van der Waals surface area contributed by atoms with E-state index in [-0.39, 0.29) is 0 Å². The normalized spacial score (nSPS) is 17.0. The van der Waals surface area contributed by atoms with Gasteiger partial charge in [-0.05, 0) is 0 Å². The van der Waals surface area contributed by atoms with Crippen LogP contribution in [0.1, 0.15) is 0 Å². The molecule has 1 atom stereocenters. The quantitative estimate of drug-likeness (QED) is 0.484. The predicted molar refractivity (Wildman–Crippen MR) is 38.1 cm³/mol. The Bertz CT molecular complexity index is 249. The molecule has 0 N–H and O–H groups in total. The van der Waals surface area contributed by atoms with Crippen molar-refractivity contribution in [3.63, 3.8) is 0 Å². The Kier molecular flexibility index (Phi) is 6.94. The summed E-state index contributed by atoms with van der Waals surface area (Å²) in [5, 5.41) is -4.22. The lowest BCUT2D eigenvalue weighted by atomic mass is 10.4. The second-order valence-electron chi connectivity index (χ2n) is 2.29. The molecule has 0 fully saturated rings. The maximum Gasteiger partial charge on any atom is 0.445 e. The fourth-order valence-electron chi connectivity index (χ4n) is 0.138. The molecule has 0 aromatic rings. The lowest BCUT2D eigenvalue weighted by molar-refractivity contribution is -0.201. The second kappa shape index (κ2) is 6.31. The average molecular weight is 301 g/mol. The molecule has 0 bridgehead atoms. The van der Waals surface area contributed by atoms with Gasteiger partial charge >= 0.3 is 17.5 Å². The smallest absolute Gasteiger partial charge is 0.246 e. The van der Waals surface area contributed by atoms with Gasteiger partial charge in [-0.2, -0.15) is 30.7 Å². The maximum absolute atomic E-state index is 11.6. The summed E-state index contributed by atoms with van der Waals surface area (Å²) >= 11 is 4.03. The summed E-state index contributed by atoms with van der Waals surface area (Å²) in [6.45, 7) is -2.27. The molecule has 0 amide bonds. The van der Waals surface area contributed by atoms with E-state index < -0.39 is 36.3 Å². The van der Waals surface area contributed by atoms with Crippen molar-refractivity contribution in [1.29, 1.82) is 0 Å². The summed E-state index contributed by atoms with van der Waals surface area (Å²) in [5.41, 5.74) is 0. The SMILES string of the molecule is FC=C(F)C(F)(F)F.FCC(F)(Cl)C(F)(F)F. The molecule has 0 rings (SSSR count). The van der Waals surface area contributed by atoms with Gasteiger partial charge in [0.05, 0.1) is 0 Å². The minimum absolute atomic E-state index is 1.12.